The number of benzene rings is 1. The van der Waals surface area contributed by atoms with Crippen LogP contribution < -0.4 is 19.5 Å². The normalized spacial score (nSPS) is 15.5. The molecule has 1 aromatic rings. The van der Waals surface area contributed by atoms with Gasteiger partial charge in [0.1, 0.15) is 6.04 Å². The lowest BCUT2D eigenvalue weighted by molar-refractivity contribution is -0.121. The zero-order chi connectivity index (χ0) is 19.6. The molecule has 1 aliphatic carbocycles. The fourth-order valence-corrected chi connectivity index (χ4v) is 3.72. The molecule has 27 heavy (non-hydrogen) atoms. The lowest BCUT2D eigenvalue weighted by atomic mass is 9.86. The molecule has 1 atom stereocenters. The van der Waals surface area contributed by atoms with E-state index in [9.17, 15) is 10.1 Å². The van der Waals surface area contributed by atoms with E-state index in [1.807, 2.05) is 0 Å². The molecule has 1 unspecified atom stereocenters. The highest BCUT2D eigenvalue weighted by molar-refractivity contribution is 5.77. The van der Waals surface area contributed by atoms with Crippen molar-refractivity contribution >= 4 is 5.91 Å². The maximum atomic E-state index is 12.3. The first kappa shape index (κ1) is 20.9. The molecule has 1 N–H and O–H groups in total. The van der Waals surface area contributed by atoms with Crippen LogP contribution in [0.5, 0.6) is 17.2 Å². The molecule has 0 saturated heterocycles. The summed E-state index contributed by atoms with van der Waals surface area (Å²) in [5.74, 6) is 2.02. The molecule has 0 aromatic heterocycles. The summed E-state index contributed by atoms with van der Waals surface area (Å²) in [6.07, 6.45) is 8.94. The summed E-state index contributed by atoms with van der Waals surface area (Å²) in [6.45, 7) is 0. The molecule has 6 heteroatoms. The largest absolute Gasteiger partial charge is 0.493 e. The Balaban J connectivity index is 1.97. The van der Waals surface area contributed by atoms with Gasteiger partial charge in [-0.05, 0) is 36.5 Å². The van der Waals surface area contributed by atoms with Gasteiger partial charge in [-0.1, -0.05) is 32.1 Å². The Labute approximate surface area is 161 Å². The Bertz CT molecular complexity index is 638. The first-order valence-corrected chi connectivity index (χ1v) is 9.61. The van der Waals surface area contributed by atoms with Crippen LogP contribution in [0.15, 0.2) is 12.1 Å². The van der Waals surface area contributed by atoms with Gasteiger partial charge in [0.2, 0.25) is 11.7 Å². The highest BCUT2D eigenvalue weighted by atomic mass is 16.5. The minimum atomic E-state index is -0.763. The smallest absolute Gasteiger partial charge is 0.221 e. The number of hydrogen-bond donors (Lipinski definition) is 1. The van der Waals surface area contributed by atoms with Crippen LogP contribution in [-0.2, 0) is 4.79 Å². The molecule has 0 spiro atoms. The highest BCUT2D eigenvalue weighted by Crippen LogP contribution is 2.39. The number of nitrogens with zero attached hydrogens (tertiary/aromatic N) is 1. The van der Waals surface area contributed by atoms with Crippen LogP contribution in [-0.4, -0.2) is 27.2 Å². The number of hydrogen-bond acceptors (Lipinski definition) is 5. The summed E-state index contributed by atoms with van der Waals surface area (Å²) in [4.78, 5) is 12.3. The summed E-state index contributed by atoms with van der Waals surface area (Å²) in [7, 11) is 4.56. The number of nitriles is 1. The van der Waals surface area contributed by atoms with Crippen LogP contribution in [0.1, 0.15) is 63.0 Å². The van der Waals surface area contributed by atoms with Crippen molar-refractivity contribution in [3.8, 4) is 23.3 Å². The van der Waals surface area contributed by atoms with E-state index >= 15 is 0 Å². The van der Waals surface area contributed by atoms with Crippen molar-refractivity contribution in [3.63, 3.8) is 0 Å². The van der Waals surface area contributed by atoms with Crippen molar-refractivity contribution in [2.24, 2.45) is 5.92 Å². The monoisotopic (exact) mass is 374 g/mol. The van der Waals surface area contributed by atoms with Crippen molar-refractivity contribution in [3.05, 3.63) is 17.7 Å². The van der Waals surface area contributed by atoms with E-state index in [1.165, 1.54) is 53.4 Å². The summed E-state index contributed by atoms with van der Waals surface area (Å²) < 4.78 is 15.9. The van der Waals surface area contributed by atoms with Gasteiger partial charge in [0.15, 0.2) is 11.5 Å². The standard InChI is InChI=1S/C21H30N2O4/c1-25-18-12-16(13-19(26-2)21(18)27-3)17(14-22)23-20(24)11-7-10-15-8-5-4-6-9-15/h12-13,15,17H,4-11H2,1-3H3,(H,23,24). The van der Waals surface area contributed by atoms with Gasteiger partial charge in [-0.3, -0.25) is 4.79 Å². The van der Waals surface area contributed by atoms with Crippen LogP contribution in [0.3, 0.4) is 0 Å². The predicted molar refractivity (Wildman–Crippen MR) is 103 cm³/mol. The number of amides is 1. The molecule has 1 aromatic carbocycles. The van der Waals surface area contributed by atoms with Gasteiger partial charge >= 0.3 is 0 Å². The first-order chi connectivity index (χ1) is 13.1. The molecule has 1 saturated carbocycles. The van der Waals surface area contributed by atoms with Crippen molar-refractivity contribution in [2.45, 2.75) is 57.4 Å². The van der Waals surface area contributed by atoms with Crippen molar-refractivity contribution < 1.29 is 19.0 Å². The average molecular weight is 374 g/mol. The molecular weight excluding hydrogens is 344 g/mol. The van der Waals surface area contributed by atoms with Gasteiger partial charge in [-0.2, -0.15) is 5.26 Å². The Morgan fingerprint density at radius 1 is 1.15 bits per heavy atom. The summed E-state index contributed by atoms with van der Waals surface area (Å²) in [5, 5.41) is 12.3. The molecule has 1 aliphatic rings. The fraction of sp³-hybridized carbons (Fsp3) is 0.619. The third kappa shape index (κ3) is 5.78. The number of carbonyl (C=O) groups excluding carboxylic acids is 1. The maximum Gasteiger partial charge on any atom is 0.221 e. The molecule has 1 fully saturated rings. The highest BCUT2D eigenvalue weighted by Gasteiger charge is 2.20. The molecule has 0 radical (unpaired) electrons. The van der Waals surface area contributed by atoms with Gasteiger partial charge in [-0.15, -0.1) is 0 Å². The molecule has 0 heterocycles. The SMILES string of the molecule is COc1cc(C(C#N)NC(=O)CCCC2CCCCC2)cc(OC)c1OC. The van der Waals surface area contributed by atoms with Gasteiger partial charge in [0, 0.05) is 6.42 Å². The van der Waals surface area contributed by atoms with Gasteiger partial charge < -0.3 is 19.5 Å². The third-order valence-corrected chi connectivity index (χ3v) is 5.20. The Morgan fingerprint density at radius 3 is 2.30 bits per heavy atom. The molecule has 0 aliphatic heterocycles. The lowest BCUT2D eigenvalue weighted by Crippen LogP contribution is -2.27. The summed E-state index contributed by atoms with van der Waals surface area (Å²) in [5.41, 5.74) is 0.604. The maximum absolute atomic E-state index is 12.3. The second-order valence-electron chi connectivity index (χ2n) is 6.98. The van der Waals surface area contributed by atoms with Crippen molar-refractivity contribution in [1.82, 2.24) is 5.32 Å². The Hall–Kier alpha value is -2.42. The summed E-state index contributed by atoms with van der Waals surface area (Å²) >= 11 is 0. The van der Waals surface area contributed by atoms with E-state index < -0.39 is 6.04 Å². The molecule has 2 rings (SSSR count). The number of rotatable bonds is 9. The quantitative estimate of drug-likeness (QED) is 0.702. The van der Waals surface area contributed by atoms with Crippen molar-refractivity contribution in [1.29, 1.82) is 5.26 Å². The first-order valence-electron chi connectivity index (χ1n) is 9.61. The van der Waals surface area contributed by atoms with E-state index in [1.54, 1.807) is 12.1 Å². The second-order valence-corrected chi connectivity index (χ2v) is 6.98. The second kappa shape index (κ2) is 10.7. The average Bonchev–Trinajstić information content (AvgIpc) is 2.71. The van der Waals surface area contributed by atoms with E-state index in [2.05, 4.69) is 11.4 Å². The van der Waals surface area contributed by atoms with E-state index in [-0.39, 0.29) is 5.91 Å². The van der Waals surface area contributed by atoms with Crippen LogP contribution in [0, 0.1) is 17.2 Å². The predicted octanol–water partition coefficient (Wildman–Crippen LogP) is 4.14. The van der Waals surface area contributed by atoms with Crippen LogP contribution in [0.4, 0.5) is 0 Å². The Kier molecular flexibility index (Phi) is 8.25. The summed E-state index contributed by atoms with van der Waals surface area (Å²) in [6, 6.07) is 4.77. The number of carbonyl (C=O) groups is 1. The van der Waals surface area contributed by atoms with Crippen LogP contribution in [0.25, 0.3) is 0 Å². The molecule has 6 nitrogen and oxygen atoms in total. The number of ether oxygens (including phenoxy) is 3. The number of methoxy groups -OCH3 is 3. The van der Waals surface area contributed by atoms with Crippen LogP contribution >= 0.6 is 0 Å². The van der Waals surface area contributed by atoms with Gasteiger partial charge in [0.05, 0.1) is 27.4 Å². The van der Waals surface area contributed by atoms with Crippen LogP contribution in [0.2, 0.25) is 0 Å². The van der Waals surface area contributed by atoms with Crippen molar-refractivity contribution in [2.75, 3.05) is 21.3 Å². The van der Waals surface area contributed by atoms with Gasteiger partial charge in [0.25, 0.3) is 0 Å². The van der Waals surface area contributed by atoms with E-state index in [4.69, 9.17) is 14.2 Å². The van der Waals surface area contributed by atoms with E-state index in [0.29, 0.717) is 29.2 Å². The minimum absolute atomic E-state index is 0.105. The topological polar surface area (TPSA) is 80.6 Å². The van der Waals surface area contributed by atoms with E-state index in [0.717, 1.165) is 18.8 Å². The zero-order valence-corrected chi connectivity index (χ0v) is 16.5. The fourth-order valence-electron chi connectivity index (χ4n) is 3.72. The molecule has 148 valence electrons. The lowest BCUT2D eigenvalue weighted by Gasteiger charge is -2.21. The zero-order valence-electron chi connectivity index (χ0n) is 16.5. The van der Waals surface area contributed by atoms with Gasteiger partial charge in [-0.25, -0.2) is 0 Å². The molecular formula is C21H30N2O4. The number of nitrogens with one attached hydrogen (secondary N) is 1. The Morgan fingerprint density at radius 2 is 1.78 bits per heavy atom. The third-order valence-electron chi connectivity index (χ3n) is 5.20. The minimum Gasteiger partial charge on any atom is -0.493 e. The molecule has 0 bridgehead atoms. The molecule has 1 amide bonds.